The Kier molecular flexibility index (Phi) is 3.82. The molecule has 0 radical (unpaired) electrons. The van der Waals surface area contributed by atoms with Gasteiger partial charge in [-0.25, -0.2) is 0 Å². The Morgan fingerprint density at radius 1 is 0.529 bits per heavy atom. The molecule has 2 aromatic heterocycles. The zero-order valence-corrected chi connectivity index (χ0v) is 18.1. The molecule has 0 bridgehead atoms. The lowest BCUT2D eigenvalue weighted by molar-refractivity contribution is -0.384. The lowest BCUT2D eigenvalue weighted by atomic mass is 9.98. The van der Waals surface area contributed by atoms with Crippen LogP contribution in [0.4, 0.5) is 5.69 Å². The third-order valence-electron chi connectivity index (χ3n) is 6.80. The molecular weight excluding hydrogens is 420 g/mol. The third-order valence-corrected chi connectivity index (χ3v) is 6.80. The van der Waals surface area contributed by atoms with E-state index in [1.54, 1.807) is 12.1 Å². The molecule has 0 unspecified atom stereocenters. The first kappa shape index (κ1) is 18.8. The number of nitro groups is 1. The Morgan fingerprint density at radius 2 is 1.06 bits per heavy atom. The van der Waals surface area contributed by atoms with Gasteiger partial charge in [-0.3, -0.25) is 10.1 Å². The van der Waals surface area contributed by atoms with Crippen LogP contribution in [-0.2, 0) is 0 Å². The van der Waals surface area contributed by atoms with E-state index in [1.807, 2.05) is 30.3 Å². The van der Waals surface area contributed by atoms with Gasteiger partial charge in [-0.15, -0.1) is 0 Å². The van der Waals surface area contributed by atoms with Crippen LogP contribution in [0.3, 0.4) is 0 Å². The van der Waals surface area contributed by atoms with E-state index in [9.17, 15) is 10.1 Å². The molecule has 34 heavy (non-hydrogen) atoms. The predicted octanol–water partition coefficient (Wildman–Crippen LogP) is 8.08. The number of hydrogen-bond donors (Lipinski definition) is 0. The molecule has 0 amide bonds. The Labute approximate surface area is 194 Å². The Bertz CT molecular complexity index is 1870. The summed E-state index contributed by atoms with van der Waals surface area (Å²) < 4.78 is 2.25. The molecule has 0 saturated carbocycles. The van der Waals surface area contributed by atoms with Gasteiger partial charge in [0.1, 0.15) is 0 Å². The molecule has 7 aromatic rings. The van der Waals surface area contributed by atoms with Gasteiger partial charge in [0, 0.05) is 33.7 Å². The van der Waals surface area contributed by atoms with Crippen molar-refractivity contribution in [1.29, 1.82) is 0 Å². The summed E-state index contributed by atoms with van der Waals surface area (Å²) in [5.74, 6) is 0. The summed E-state index contributed by atoms with van der Waals surface area (Å²) in [7, 11) is 0. The highest BCUT2D eigenvalue weighted by Crippen LogP contribution is 2.43. The molecule has 7 rings (SSSR count). The molecule has 0 aliphatic heterocycles. The van der Waals surface area contributed by atoms with E-state index >= 15 is 0 Å². The highest BCUT2D eigenvalue weighted by atomic mass is 16.6. The zero-order chi connectivity index (χ0) is 22.8. The SMILES string of the molecule is O=[N+]([O-])c1ccc2c(c1)c1cc(-c3ccccc3)cc3c4cc(-c5ccccc5)ccc4n2c31. The maximum Gasteiger partial charge on any atom is 0.270 e. The summed E-state index contributed by atoms with van der Waals surface area (Å²) in [5.41, 5.74) is 7.88. The van der Waals surface area contributed by atoms with E-state index in [-0.39, 0.29) is 10.6 Å². The number of rotatable bonds is 3. The fourth-order valence-electron chi connectivity index (χ4n) is 5.26. The third kappa shape index (κ3) is 2.60. The first-order valence-electron chi connectivity index (χ1n) is 11.2. The minimum Gasteiger partial charge on any atom is -0.308 e. The van der Waals surface area contributed by atoms with Crippen molar-refractivity contribution in [3.05, 3.63) is 119 Å². The van der Waals surface area contributed by atoms with E-state index in [0.717, 1.165) is 43.8 Å². The van der Waals surface area contributed by atoms with E-state index in [0.29, 0.717) is 0 Å². The topological polar surface area (TPSA) is 47.5 Å². The minimum atomic E-state index is -0.323. The van der Waals surface area contributed by atoms with Gasteiger partial charge in [-0.2, -0.15) is 0 Å². The smallest absolute Gasteiger partial charge is 0.270 e. The summed E-state index contributed by atoms with van der Waals surface area (Å²) in [6, 6.07) is 36.9. The lowest BCUT2D eigenvalue weighted by Gasteiger charge is -2.05. The van der Waals surface area contributed by atoms with Gasteiger partial charge in [-0.05, 0) is 52.6 Å². The molecule has 0 spiro atoms. The summed E-state index contributed by atoms with van der Waals surface area (Å²) in [6.07, 6.45) is 0. The van der Waals surface area contributed by atoms with E-state index in [2.05, 4.69) is 71.1 Å². The predicted molar refractivity (Wildman–Crippen MR) is 139 cm³/mol. The van der Waals surface area contributed by atoms with Crippen molar-refractivity contribution in [2.24, 2.45) is 0 Å². The fourth-order valence-corrected chi connectivity index (χ4v) is 5.26. The molecule has 0 aliphatic rings. The van der Waals surface area contributed by atoms with Crippen molar-refractivity contribution in [2.75, 3.05) is 0 Å². The molecule has 160 valence electrons. The van der Waals surface area contributed by atoms with Crippen LogP contribution in [0, 0.1) is 10.1 Å². The number of non-ortho nitro benzene ring substituents is 1. The zero-order valence-electron chi connectivity index (χ0n) is 18.1. The Hall–Kier alpha value is -4.70. The van der Waals surface area contributed by atoms with Crippen LogP contribution < -0.4 is 0 Å². The van der Waals surface area contributed by atoms with Crippen LogP contribution in [0.25, 0.3) is 60.3 Å². The van der Waals surface area contributed by atoms with Crippen molar-refractivity contribution < 1.29 is 4.92 Å². The summed E-state index contributed by atoms with van der Waals surface area (Å²) >= 11 is 0. The molecule has 4 nitrogen and oxygen atoms in total. The van der Waals surface area contributed by atoms with Gasteiger partial charge in [0.2, 0.25) is 0 Å². The second-order valence-corrected chi connectivity index (χ2v) is 8.68. The molecule has 0 N–H and O–H groups in total. The average molecular weight is 438 g/mol. The van der Waals surface area contributed by atoms with Crippen LogP contribution >= 0.6 is 0 Å². The van der Waals surface area contributed by atoms with Crippen molar-refractivity contribution in [3.8, 4) is 22.3 Å². The standard InChI is InChI=1S/C30H18N2O2/c33-32(34)23-12-14-29-25(18-23)27-17-22(20-9-5-2-6-10-20)16-26-24-15-21(19-7-3-1-4-8-19)11-13-28(24)31(29)30(26)27/h1-18H. The van der Waals surface area contributed by atoms with Crippen molar-refractivity contribution >= 4 is 43.8 Å². The molecule has 0 saturated heterocycles. The summed E-state index contributed by atoms with van der Waals surface area (Å²) in [4.78, 5) is 11.2. The fraction of sp³-hybridized carbons (Fsp3) is 0. The molecule has 2 heterocycles. The van der Waals surface area contributed by atoms with Crippen LogP contribution in [-0.4, -0.2) is 9.32 Å². The number of nitrogens with zero attached hydrogens (tertiary/aromatic N) is 2. The maximum atomic E-state index is 11.5. The second-order valence-electron chi connectivity index (χ2n) is 8.68. The van der Waals surface area contributed by atoms with Gasteiger partial charge in [0.15, 0.2) is 0 Å². The molecule has 0 atom stereocenters. The number of fused-ring (bicyclic) bond motifs is 6. The number of aromatic nitrogens is 1. The van der Waals surface area contributed by atoms with Crippen molar-refractivity contribution in [3.63, 3.8) is 0 Å². The number of benzene rings is 5. The largest absolute Gasteiger partial charge is 0.308 e. The first-order valence-corrected chi connectivity index (χ1v) is 11.2. The van der Waals surface area contributed by atoms with Crippen LogP contribution in [0.15, 0.2) is 109 Å². The maximum absolute atomic E-state index is 11.5. The van der Waals surface area contributed by atoms with Gasteiger partial charge in [0.05, 0.1) is 21.5 Å². The second kappa shape index (κ2) is 6.90. The van der Waals surface area contributed by atoms with Crippen molar-refractivity contribution in [1.82, 2.24) is 4.40 Å². The first-order chi connectivity index (χ1) is 16.7. The van der Waals surface area contributed by atoms with Gasteiger partial charge in [-0.1, -0.05) is 66.7 Å². The van der Waals surface area contributed by atoms with E-state index in [4.69, 9.17) is 0 Å². The summed E-state index contributed by atoms with van der Waals surface area (Å²) in [6.45, 7) is 0. The number of nitro benzene ring substituents is 1. The Morgan fingerprint density at radius 3 is 1.68 bits per heavy atom. The quantitative estimate of drug-likeness (QED) is 0.207. The normalized spacial score (nSPS) is 11.8. The van der Waals surface area contributed by atoms with Gasteiger partial charge in [0.25, 0.3) is 5.69 Å². The van der Waals surface area contributed by atoms with E-state index in [1.165, 1.54) is 16.5 Å². The average Bonchev–Trinajstić information content (AvgIpc) is 3.40. The lowest BCUT2D eigenvalue weighted by Crippen LogP contribution is -1.87. The van der Waals surface area contributed by atoms with Gasteiger partial charge < -0.3 is 4.40 Å². The molecule has 5 aromatic carbocycles. The highest BCUT2D eigenvalue weighted by Gasteiger charge is 2.21. The number of hydrogen-bond acceptors (Lipinski definition) is 2. The van der Waals surface area contributed by atoms with Crippen LogP contribution in [0.5, 0.6) is 0 Å². The molecule has 4 heteroatoms. The molecule has 0 aliphatic carbocycles. The van der Waals surface area contributed by atoms with Crippen LogP contribution in [0.2, 0.25) is 0 Å². The Balaban J connectivity index is 1.65. The highest BCUT2D eigenvalue weighted by molar-refractivity contribution is 6.25. The van der Waals surface area contributed by atoms with Crippen LogP contribution in [0.1, 0.15) is 0 Å². The molecular formula is C30H18N2O2. The van der Waals surface area contributed by atoms with E-state index < -0.39 is 0 Å². The summed E-state index contributed by atoms with van der Waals surface area (Å²) in [5, 5.41) is 15.8. The van der Waals surface area contributed by atoms with Gasteiger partial charge >= 0.3 is 0 Å². The minimum absolute atomic E-state index is 0.110. The molecule has 0 fully saturated rings. The monoisotopic (exact) mass is 438 g/mol. The van der Waals surface area contributed by atoms with Crippen molar-refractivity contribution in [2.45, 2.75) is 0 Å².